The molecular weight excluding hydrogens is 320 g/mol. The molecule has 6 heteroatoms. The molecule has 0 saturated carbocycles. The van der Waals surface area contributed by atoms with E-state index in [9.17, 15) is 0 Å². The van der Waals surface area contributed by atoms with Gasteiger partial charge in [-0.3, -0.25) is 9.89 Å². The fourth-order valence-electron chi connectivity index (χ4n) is 3.47. The molecule has 0 aromatic carbocycles. The van der Waals surface area contributed by atoms with Crippen LogP contribution in [0.5, 0.6) is 0 Å². The molecule has 5 nitrogen and oxygen atoms in total. The Morgan fingerprint density at radius 1 is 1.21 bits per heavy atom. The number of ether oxygens (including phenoxy) is 1. The van der Waals surface area contributed by atoms with E-state index in [1.807, 2.05) is 11.8 Å². The lowest BCUT2D eigenvalue weighted by Gasteiger charge is -2.38. The first-order chi connectivity index (χ1) is 11.6. The lowest BCUT2D eigenvalue weighted by molar-refractivity contribution is 0.0793. The highest BCUT2D eigenvalue weighted by atomic mass is 32.2. The molecule has 140 valence electrons. The summed E-state index contributed by atoms with van der Waals surface area (Å²) in [5, 5.41) is 3.51. The second kappa shape index (κ2) is 9.88. The quantitative estimate of drug-likeness (QED) is 0.583. The number of hydrogen-bond acceptors (Lipinski definition) is 4. The van der Waals surface area contributed by atoms with Gasteiger partial charge in [0.25, 0.3) is 0 Å². The van der Waals surface area contributed by atoms with Gasteiger partial charge < -0.3 is 15.0 Å². The van der Waals surface area contributed by atoms with Crippen LogP contribution in [0.3, 0.4) is 0 Å². The monoisotopic (exact) mass is 356 g/mol. The molecule has 0 spiro atoms. The number of piperazine rings is 1. The molecule has 2 saturated heterocycles. The zero-order valence-corrected chi connectivity index (χ0v) is 16.8. The first-order valence-electron chi connectivity index (χ1n) is 9.47. The fraction of sp³-hybridized carbons (Fsp3) is 0.944. The predicted molar refractivity (Wildman–Crippen MR) is 105 cm³/mol. The third-order valence-corrected chi connectivity index (χ3v) is 6.39. The maximum absolute atomic E-state index is 5.55. The summed E-state index contributed by atoms with van der Waals surface area (Å²) in [4.78, 5) is 10.0. The minimum atomic E-state index is 0.262. The molecule has 2 fully saturated rings. The predicted octanol–water partition coefficient (Wildman–Crippen LogP) is 2.14. The Morgan fingerprint density at radius 3 is 2.42 bits per heavy atom. The summed E-state index contributed by atoms with van der Waals surface area (Å²) in [5.41, 5.74) is 0. The number of nitrogens with zero attached hydrogens (tertiary/aromatic N) is 3. The van der Waals surface area contributed by atoms with E-state index in [2.05, 4.69) is 42.1 Å². The SMILES string of the molecule is CCNC(=NCC1(SC)CCOCC1)N1CCN(CC(C)C)CC1. The Kier molecular flexibility index (Phi) is 8.17. The van der Waals surface area contributed by atoms with Gasteiger partial charge in [0.1, 0.15) is 0 Å². The normalized spacial score (nSPS) is 22.9. The third-order valence-electron chi connectivity index (χ3n) is 4.98. The van der Waals surface area contributed by atoms with Gasteiger partial charge in [-0.25, -0.2) is 0 Å². The smallest absolute Gasteiger partial charge is 0.194 e. The van der Waals surface area contributed by atoms with Crippen molar-refractivity contribution in [3.8, 4) is 0 Å². The summed E-state index contributed by atoms with van der Waals surface area (Å²) in [6.07, 6.45) is 4.44. The lowest BCUT2D eigenvalue weighted by atomic mass is 9.99. The Labute approximate surface area is 152 Å². The largest absolute Gasteiger partial charge is 0.381 e. The number of hydrogen-bond donors (Lipinski definition) is 1. The van der Waals surface area contributed by atoms with Crippen LogP contribution in [-0.4, -0.2) is 85.8 Å². The second-order valence-electron chi connectivity index (χ2n) is 7.35. The van der Waals surface area contributed by atoms with Crippen LogP contribution in [-0.2, 0) is 4.74 Å². The topological polar surface area (TPSA) is 40.1 Å². The maximum atomic E-state index is 5.55. The van der Waals surface area contributed by atoms with Crippen molar-refractivity contribution < 1.29 is 4.74 Å². The van der Waals surface area contributed by atoms with Crippen molar-refractivity contribution in [2.24, 2.45) is 10.9 Å². The fourth-order valence-corrected chi connectivity index (χ4v) is 4.24. The molecule has 2 rings (SSSR count). The minimum absolute atomic E-state index is 0.262. The highest BCUT2D eigenvalue weighted by Gasteiger charge is 2.32. The van der Waals surface area contributed by atoms with Crippen LogP contribution in [0.2, 0.25) is 0 Å². The molecule has 1 N–H and O–H groups in total. The molecule has 2 heterocycles. The van der Waals surface area contributed by atoms with E-state index in [1.165, 1.54) is 6.54 Å². The average Bonchev–Trinajstić information content (AvgIpc) is 2.60. The zero-order chi connectivity index (χ0) is 17.4. The Bertz CT molecular complexity index is 388. The molecule has 0 atom stereocenters. The van der Waals surface area contributed by atoms with Gasteiger partial charge in [-0.2, -0.15) is 11.8 Å². The average molecular weight is 357 g/mol. The summed E-state index contributed by atoms with van der Waals surface area (Å²) >= 11 is 1.97. The van der Waals surface area contributed by atoms with Gasteiger partial charge in [-0.15, -0.1) is 0 Å². The molecule has 0 aromatic rings. The van der Waals surface area contributed by atoms with E-state index in [0.29, 0.717) is 0 Å². The van der Waals surface area contributed by atoms with E-state index in [4.69, 9.17) is 9.73 Å². The van der Waals surface area contributed by atoms with Crippen LogP contribution in [0.1, 0.15) is 33.6 Å². The summed E-state index contributed by atoms with van der Waals surface area (Å²) in [6.45, 7) is 16.0. The molecule has 0 aromatic heterocycles. The first-order valence-corrected chi connectivity index (χ1v) is 10.7. The molecule has 2 aliphatic rings. The van der Waals surface area contributed by atoms with Crippen LogP contribution in [0.15, 0.2) is 4.99 Å². The molecule has 0 bridgehead atoms. The van der Waals surface area contributed by atoms with Gasteiger partial charge in [0.15, 0.2) is 5.96 Å². The molecule has 24 heavy (non-hydrogen) atoms. The lowest BCUT2D eigenvalue weighted by Crippen LogP contribution is -2.53. The molecular formula is C18H36N4OS. The molecule has 0 unspecified atom stereocenters. The van der Waals surface area contributed by atoms with E-state index in [-0.39, 0.29) is 4.75 Å². The Balaban J connectivity index is 1.93. The third kappa shape index (κ3) is 5.81. The van der Waals surface area contributed by atoms with Gasteiger partial charge in [-0.1, -0.05) is 13.8 Å². The van der Waals surface area contributed by atoms with E-state index in [1.54, 1.807) is 0 Å². The van der Waals surface area contributed by atoms with Crippen molar-refractivity contribution in [3.63, 3.8) is 0 Å². The van der Waals surface area contributed by atoms with Crippen molar-refractivity contribution in [1.29, 1.82) is 0 Å². The van der Waals surface area contributed by atoms with Gasteiger partial charge >= 0.3 is 0 Å². The van der Waals surface area contributed by atoms with Crippen molar-refractivity contribution in [1.82, 2.24) is 15.1 Å². The van der Waals surface area contributed by atoms with Crippen LogP contribution >= 0.6 is 11.8 Å². The van der Waals surface area contributed by atoms with E-state index >= 15 is 0 Å². The van der Waals surface area contributed by atoms with Gasteiger partial charge in [0.2, 0.25) is 0 Å². The highest BCUT2D eigenvalue weighted by molar-refractivity contribution is 8.00. The second-order valence-corrected chi connectivity index (χ2v) is 8.63. The standard InChI is InChI=1S/C18H36N4OS/c1-5-19-17(20-15-18(24-4)6-12-23-13-7-18)22-10-8-21(9-11-22)14-16(2)3/h16H,5-15H2,1-4H3,(H,19,20). The number of nitrogens with one attached hydrogen (secondary N) is 1. The van der Waals surface area contributed by atoms with Gasteiger partial charge in [0, 0.05) is 57.2 Å². The Morgan fingerprint density at radius 2 is 1.88 bits per heavy atom. The van der Waals surface area contributed by atoms with E-state index in [0.717, 1.165) is 77.2 Å². The van der Waals surface area contributed by atoms with Gasteiger partial charge in [-0.05, 0) is 31.9 Å². The van der Waals surface area contributed by atoms with Crippen LogP contribution in [0.25, 0.3) is 0 Å². The molecule has 0 amide bonds. The van der Waals surface area contributed by atoms with Crippen LogP contribution in [0.4, 0.5) is 0 Å². The summed E-state index contributed by atoms with van der Waals surface area (Å²) in [5.74, 6) is 1.84. The van der Waals surface area contributed by atoms with Crippen molar-refractivity contribution in [2.75, 3.05) is 65.3 Å². The van der Waals surface area contributed by atoms with E-state index < -0.39 is 0 Å². The first kappa shape index (κ1) is 19.9. The van der Waals surface area contributed by atoms with Crippen molar-refractivity contribution >= 4 is 17.7 Å². The highest BCUT2D eigenvalue weighted by Crippen LogP contribution is 2.34. The van der Waals surface area contributed by atoms with Crippen LogP contribution < -0.4 is 5.32 Å². The molecule has 2 aliphatic heterocycles. The Hall–Kier alpha value is -0.460. The maximum Gasteiger partial charge on any atom is 0.194 e. The zero-order valence-electron chi connectivity index (χ0n) is 16.0. The molecule has 0 radical (unpaired) electrons. The summed E-state index contributed by atoms with van der Waals surface area (Å²) in [6, 6.07) is 0. The van der Waals surface area contributed by atoms with Crippen molar-refractivity contribution in [2.45, 2.75) is 38.4 Å². The number of rotatable bonds is 6. The van der Waals surface area contributed by atoms with Gasteiger partial charge in [0.05, 0.1) is 6.54 Å². The minimum Gasteiger partial charge on any atom is -0.381 e. The van der Waals surface area contributed by atoms with Crippen molar-refractivity contribution in [3.05, 3.63) is 0 Å². The van der Waals surface area contributed by atoms with Crippen LogP contribution in [0, 0.1) is 5.92 Å². The number of thioether (sulfide) groups is 1. The summed E-state index contributed by atoms with van der Waals surface area (Å²) < 4.78 is 5.81. The summed E-state index contributed by atoms with van der Waals surface area (Å²) in [7, 11) is 0. The number of aliphatic imine (C=N–C) groups is 1. The number of guanidine groups is 1. The molecule has 0 aliphatic carbocycles.